The summed E-state index contributed by atoms with van der Waals surface area (Å²) in [6, 6.07) is 7.48. The maximum absolute atomic E-state index is 15.1. The van der Waals surface area contributed by atoms with Crippen LogP contribution in [0.25, 0.3) is 11.0 Å². The molecule has 1 saturated heterocycles. The van der Waals surface area contributed by atoms with E-state index in [1.165, 1.54) is 22.9 Å². The zero-order chi connectivity index (χ0) is 27.8. The van der Waals surface area contributed by atoms with E-state index in [0.717, 1.165) is 5.56 Å². The Morgan fingerprint density at radius 2 is 1.89 bits per heavy atom. The van der Waals surface area contributed by atoms with E-state index >= 15 is 4.39 Å². The summed E-state index contributed by atoms with van der Waals surface area (Å²) in [6.45, 7) is 1.08. The van der Waals surface area contributed by atoms with Gasteiger partial charge in [-0.1, -0.05) is 12.1 Å². The molecule has 6 atom stereocenters. The Kier molecular flexibility index (Phi) is 8.58. The van der Waals surface area contributed by atoms with Crippen molar-refractivity contribution in [2.75, 3.05) is 17.8 Å². The molecule has 0 radical (unpaired) electrons. The van der Waals surface area contributed by atoms with Crippen LogP contribution in [0.15, 0.2) is 36.5 Å². The Labute approximate surface area is 220 Å². The SMILES string of the molecule is C[C@@H](Cc1ccc(F)cc1)Nc1nc(Cl)nc2c1ccn2[C@@H]1O[C@H](COP(=O)(O)CP(=O)(O)O)[C@@H](O)[C@@H]1F. The molecule has 17 heteroatoms. The van der Waals surface area contributed by atoms with Crippen molar-refractivity contribution >= 4 is 43.6 Å². The van der Waals surface area contributed by atoms with Gasteiger partial charge in [0, 0.05) is 12.2 Å². The molecule has 1 aromatic carbocycles. The van der Waals surface area contributed by atoms with Crippen LogP contribution in [-0.4, -0.2) is 71.3 Å². The van der Waals surface area contributed by atoms with Crippen LogP contribution < -0.4 is 5.32 Å². The molecule has 5 N–H and O–H groups in total. The predicted molar refractivity (Wildman–Crippen MR) is 133 cm³/mol. The van der Waals surface area contributed by atoms with Crippen molar-refractivity contribution in [2.45, 2.75) is 44.0 Å². The van der Waals surface area contributed by atoms with Crippen LogP contribution in [0, 0.1) is 5.82 Å². The van der Waals surface area contributed by atoms with Crippen LogP contribution in [-0.2, 0) is 24.8 Å². The number of ether oxygens (including phenoxy) is 1. The first-order chi connectivity index (χ1) is 17.7. The second-order valence-corrected chi connectivity index (χ2v) is 13.2. The smallest absolute Gasteiger partial charge is 0.340 e. The molecule has 0 aliphatic carbocycles. The minimum atomic E-state index is -4.86. The first kappa shape index (κ1) is 29.0. The van der Waals surface area contributed by atoms with Crippen molar-refractivity contribution in [1.29, 1.82) is 0 Å². The van der Waals surface area contributed by atoms with E-state index in [1.54, 1.807) is 18.2 Å². The van der Waals surface area contributed by atoms with Crippen LogP contribution in [0.2, 0.25) is 5.28 Å². The number of aromatic nitrogens is 3. The summed E-state index contributed by atoms with van der Waals surface area (Å²) in [4.78, 5) is 35.8. The number of benzene rings is 1. The fourth-order valence-electron chi connectivity index (χ4n) is 4.11. The third-order valence-electron chi connectivity index (χ3n) is 5.75. The molecule has 4 rings (SSSR count). The highest BCUT2D eigenvalue weighted by molar-refractivity contribution is 7.70. The maximum Gasteiger partial charge on any atom is 0.340 e. The minimum Gasteiger partial charge on any atom is -0.387 e. The number of alkyl halides is 1. The van der Waals surface area contributed by atoms with Gasteiger partial charge in [-0.25, -0.2) is 13.8 Å². The molecule has 3 heterocycles. The van der Waals surface area contributed by atoms with Crippen molar-refractivity contribution in [3.05, 3.63) is 53.2 Å². The molecule has 1 unspecified atom stereocenters. The predicted octanol–water partition coefficient (Wildman–Crippen LogP) is 3.20. The summed E-state index contributed by atoms with van der Waals surface area (Å²) in [5.41, 5.74) is 1.06. The van der Waals surface area contributed by atoms with Crippen LogP contribution >= 0.6 is 26.8 Å². The Balaban J connectivity index is 1.51. The van der Waals surface area contributed by atoms with Crippen LogP contribution in [0.4, 0.5) is 14.6 Å². The molecule has 0 bridgehead atoms. The number of aliphatic hydroxyl groups excluding tert-OH is 1. The number of halogens is 3. The summed E-state index contributed by atoms with van der Waals surface area (Å²) in [5.74, 6) is -1.43. The van der Waals surface area contributed by atoms with Crippen molar-refractivity contribution in [3.8, 4) is 0 Å². The third-order valence-corrected chi connectivity index (χ3v) is 9.38. The van der Waals surface area contributed by atoms with Gasteiger partial charge in [-0.15, -0.1) is 0 Å². The molecule has 0 spiro atoms. The van der Waals surface area contributed by atoms with Gasteiger partial charge in [0.2, 0.25) is 5.28 Å². The number of nitrogens with zero attached hydrogens (tertiary/aromatic N) is 3. The first-order valence-electron chi connectivity index (χ1n) is 11.3. The quantitative estimate of drug-likeness (QED) is 0.172. The first-order valence-corrected chi connectivity index (χ1v) is 15.2. The summed E-state index contributed by atoms with van der Waals surface area (Å²) in [7, 11) is -9.60. The lowest BCUT2D eigenvalue weighted by Gasteiger charge is -2.19. The summed E-state index contributed by atoms with van der Waals surface area (Å²) < 4.78 is 62.7. The number of nitrogens with one attached hydrogen (secondary N) is 1. The number of aliphatic hydroxyl groups is 1. The van der Waals surface area contributed by atoms with E-state index in [2.05, 4.69) is 19.8 Å². The van der Waals surface area contributed by atoms with Gasteiger partial charge in [-0.05, 0) is 48.7 Å². The van der Waals surface area contributed by atoms with Gasteiger partial charge in [-0.2, -0.15) is 4.98 Å². The van der Waals surface area contributed by atoms with Crippen LogP contribution in [0.3, 0.4) is 0 Å². The summed E-state index contributed by atoms with van der Waals surface area (Å²) in [6.07, 6.45) is -4.65. The molecule has 1 aliphatic rings. The zero-order valence-electron chi connectivity index (χ0n) is 19.8. The van der Waals surface area contributed by atoms with Gasteiger partial charge in [0.25, 0.3) is 0 Å². The van der Waals surface area contributed by atoms with Gasteiger partial charge in [0.05, 0.1) is 12.0 Å². The summed E-state index contributed by atoms with van der Waals surface area (Å²) >= 11 is 6.12. The second-order valence-electron chi connectivity index (χ2n) is 8.92. The van der Waals surface area contributed by atoms with Gasteiger partial charge in [0.1, 0.15) is 29.5 Å². The van der Waals surface area contributed by atoms with E-state index in [4.69, 9.17) is 26.1 Å². The number of anilines is 1. The Hall–Kier alpha value is -1.99. The molecule has 0 saturated carbocycles. The van der Waals surface area contributed by atoms with Crippen molar-refractivity contribution in [1.82, 2.24) is 14.5 Å². The molecule has 12 nitrogen and oxygen atoms in total. The van der Waals surface area contributed by atoms with E-state index in [-0.39, 0.29) is 22.8 Å². The molecule has 0 amide bonds. The molecule has 2 aromatic heterocycles. The monoisotopic (exact) mass is 596 g/mol. The standard InChI is InChI=1S/C21H25ClF2N4O8P2/c1-11(8-12-2-4-13(23)5-3-12)25-18-14-6-7-28(19(14)27-21(22)26-18)20-16(24)17(29)15(36-20)9-35-38(33,34)10-37(30,31)32/h2-7,11,15-17,20,29H,8-10H2,1H3,(H,33,34)(H,25,26,27)(H2,30,31,32)/t11-,15+,16-,17+,20+/m0/s1. The fourth-order valence-corrected chi connectivity index (χ4v) is 6.84. The second kappa shape index (κ2) is 11.2. The number of hydrogen-bond acceptors (Lipinski definition) is 8. The van der Waals surface area contributed by atoms with Gasteiger partial charge >= 0.3 is 15.2 Å². The Morgan fingerprint density at radius 1 is 1.21 bits per heavy atom. The largest absolute Gasteiger partial charge is 0.387 e. The van der Waals surface area contributed by atoms with Gasteiger partial charge in [0.15, 0.2) is 18.3 Å². The molecule has 38 heavy (non-hydrogen) atoms. The van der Waals surface area contributed by atoms with E-state index in [9.17, 15) is 23.5 Å². The average molecular weight is 597 g/mol. The van der Waals surface area contributed by atoms with Crippen molar-refractivity contribution in [2.24, 2.45) is 0 Å². The fraction of sp³-hybridized carbons (Fsp3) is 0.429. The highest BCUT2D eigenvalue weighted by atomic mass is 35.5. The molecular formula is C21H25ClF2N4O8P2. The zero-order valence-corrected chi connectivity index (χ0v) is 22.3. The van der Waals surface area contributed by atoms with Crippen LogP contribution in [0.1, 0.15) is 18.7 Å². The Bertz CT molecular complexity index is 1390. The van der Waals surface area contributed by atoms with Gasteiger partial charge in [-0.3, -0.25) is 9.13 Å². The molecule has 3 aromatic rings. The number of fused-ring (bicyclic) bond motifs is 1. The van der Waals surface area contributed by atoms with Crippen LogP contribution in [0.5, 0.6) is 0 Å². The third kappa shape index (κ3) is 6.95. The highest BCUT2D eigenvalue weighted by Crippen LogP contribution is 2.55. The lowest BCUT2D eigenvalue weighted by molar-refractivity contribution is -0.0423. The maximum atomic E-state index is 15.1. The van der Waals surface area contributed by atoms with Gasteiger partial charge < -0.3 is 38.9 Å². The summed E-state index contributed by atoms with van der Waals surface area (Å²) in [5, 5.41) is 13.8. The lowest BCUT2D eigenvalue weighted by Crippen LogP contribution is -2.31. The molecule has 208 valence electrons. The molecule has 1 fully saturated rings. The Morgan fingerprint density at radius 3 is 2.55 bits per heavy atom. The topological polar surface area (TPSA) is 176 Å². The number of hydrogen-bond donors (Lipinski definition) is 5. The number of rotatable bonds is 10. The average Bonchev–Trinajstić information content (AvgIpc) is 3.33. The van der Waals surface area contributed by atoms with Crippen molar-refractivity contribution in [3.63, 3.8) is 0 Å². The van der Waals surface area contributed by atoms with E-state index in [0.29, 0.717) is 17.6 Å². The minimum absolute atomic E-state index is 0.151. The lowest BCUT2D eigenvalue weighted by atomic mass is 10.1. The molecular weight excluding hydrogens is 572 g/mol. The van der Waals surface area contributed by atoms with E-state index < -0.39 is 52.3 Å². The normalized spacial score (nSPS) is 24.4. The highest BCUT2D eigenvalue weighted by Gasteiger charge is 2.47. The van der Waals surface area contributed by atoms with Crippen molar-refractivity contribution < 1.29 is 47.0 Å². The van der Waals surface area contributed by atoms with E-state index in [1.807, 2.05) is 6.92 Å². The molecule has 1 aliphatic heterocycles.